The van der Waals surface area contributed by atoms with Gasteiger partial charge < -0.3 is 10.1 Å². The first-order valence-electron chi connectivity index (χ1n) is 9.29. The maximum atomic E-state index is 11.7. The quantitative estimate of drug-likeness (QED) is 0.836. The Morgan fingerprint density at radius 1 is 1.00 bits per heavy atom. The van der Waals surface area contributed by atoms with Gasteiger partial charge in [-0.3, -0.25) is 4.79 Å². The zero-order valence-corrected chi connectivity index (χ0v) is 15.8. The molecule has 0 aliphatic heterocycles. The van der Waals surface area contributed by atoms with Crippen molar-refractivity contribution in [3.63, 3.8) is 0 Å². The first-order chi connectivity index (χ1) is 11.9. The summed E-state index contributed by atoms with van der Waals surface area (Å²) in [5.41, 5.74) is 1.08. The smallest absolute Gasteiger partial charge is 0.251 e. The molecular formula is C22H29NO2. The molecule has 2 aromatic rings. The number of fused-ring (bicyclic) bond motifs is 1. The van der Waals surface area contributed by atoms with E-state index >= 15 is 0 Å². The second-order valence-corrected chi connectivity index (χ2v) is 8.26. The average Bonchev–Trinajstić information content (AvgIpc) is 2.60. The Bertz CT molecular complexity index is 752. The number of hydrogen-bond donors (Lipinski definition) is 1. The maximum Gasteiger partial charge on any atom is 0.251 e. The molecule has 0 saturated heterocycles. The Labute approximate surface area is 150 Å². The summed E-state index contributed by atoms with van der Waals surface area (Å²) in [6.45, 7) is 7.03. The van der Waals surface area contributed by atoms with Gasteiger partial charge in [0.05, 0.1) is 6.10 Å². The van der Waals surface area contributed by atoms with Crippen LogP contribution >= 0.6 is 0 Å². The Morgan fingerprint density at radius 2 is 1.64 bits per heavy atom. The van der Waals surface area contributed by atoms with Crippen LogP contribution in [0.25, 0.3) is 10.8 Å². The van der Waals surface area contributed by atoms with Crippen LogP contribution in [0.15, 0.2) is 36.4 Å². The van der Waals surface area contributed by atoms with Crippen LogP contribution in [0.4, 0.5) is 0 Å². The van der Waals surface area contributed by atoms with E-state index in [1.165, 1.54) is 12.8 Å². The molecule has 1 saturated carbocycles. The molecule has 25 heavy (non-hydrogen) atoms. The van der Waals surface area contributed by atoms with E-state index in [1.807, 2.05) is 30.3 Å². The fraction of sp³-hybridized carbons (Fsp3) is 0.500. The molecule has 1 N–H and O–H groups in total. The summed E-state index contributed by atoms with van der Waals surface area (Å²) in [6.07, 6.45) is 5.08. The van der Waals surface area contributed by atoms with Gasteiger partial charge in [-0.15, -0.1) is 0 Å². The molecule has 1 fully saturated rings. The van der Waals surface area contributed by atoms with Crippen LogP contribution in [0.3, 0.4) is 0 Å². The Balaban J connectivity index is 1.68. The number of nitrogens with one attached hydrogen (secondary N) is 1. The van der Waals surface area contributed by atoms with Gasteiger partial charge in [0.2, 0.25) is 0 Å². The van der Waals surface area contributed by atoms with E-state index in [2.05, 4.69) is 32.2 Å². The van der Waals surface area contributed by atoms with Crippen molar-refractivity contribution < 1.29 is 9.53 Å². The minimum absolute atomic E-state index is 0.0576. The highest BCUT2D eigenvalue weighted by molar-refractivity contribution is 5.98. The maximum absolute atomic E-state index is 11.7. The molecule has 0 aromatic heterocycles. The molecule has 3 nitrogen and oxygen atoms in total. The van der Waals surface area contributed by atoms with E-state index in [1.54, 1.807) is 7.05 Å². The monoisotopic (exact) mass is 339 g/mol. The van der Waals surface area contributed by atoms with Gasteiger partial charge in [-0.2, -0.15) is 0 Å². The van der Waals surface area contributed by atoms with E-state index in [9.17, 15) is 4.79 Å². The van der Waals surface area contributed by atoms with Crippen LogP contribution in [0.5, 0.6) is 5.75 Å². The summed E-state index contributed by atoms with van der Waals surface area (Å²) in [7, 11) is 1.65. The van der Waals surface area contributed by atoms with Crippen LogP contribution < -0.4 is 10.1 Å². The summed E-state index contributed by atoms with van der Waals surface area (Å²) in [5.74, 6) is 1.67. The highest BCUT2D eigenvalue weighted by Crippen LogP contribution is 2.38. The topological polar surface area (TPSA) is 38.3 Å². The zero-order chi connectivity index (χ0) is 18.0. The lowest BCUT2D eigenvalue weighted by Gasteiger charge is -2.37. The van der Waals surface area contributed by atoms with Crippen molar-refractivity contribution in [2.45, 2.75) is 52.6 Å². The number of benzene rings is 2. The van der Waals surface area contributed by atoms with E-state index < -0.39 is 0 Å². The van der Waals surface area contributed by atoms with E-state index in [-0.39, 0.29) is 5.91 Å². The van der Waals surface area contributed by atoms with Gasteiger partial charge in [0, 0.05) is 12.6 Å². The first-order valence-corrected chi connectivity index (χ1v) is 9.29. The first kappa shape index (κ1) is 17.8. The van der Waals surface area contributed by atoms with Crippen molar-refractivity contribution in [1.29, 1.82) is 0 Å². The highest BCUT2D eigenvalue weighted by atomic mass is 16.5. The third-order valence-electron chi connectivity index (χ3n) is 5.50. The summed E-state index contributed by atoms with van der Waals surface area (Å²) >= 11 is 0. The predicted molar refractivity (Wildman–Crippen MR) is 103 cm³/mol. The van der Waals surface area contributed by atoms with E-state index in [0.717, 1.165) is 35.3 Å². The second kappa shape index (κ2) is 7.07. The van der Waals surface area contributed by atoms with Crippen molar-refractivity contribution in [3.8, 4) is 5.75 Å². The summed E-state index contributed by atoms with van der Waals surface area (Å²) in [6, 6.07) is 11.9. The SMILES string of the molecule is CNC(=O)c1ccc2cc(O[C@H]3CC[C@H](C(C)(C)C)CC3)ccc2c1. The summed E-state index contributed by atoms with van der Waals surface area (Å²) in [5, 5.41) is 4.83. The molecule has 134 valence electrons. The normalized spacial score (nSPS) is 21.1. The molecule has 0 unspecified atom stereocenters. The Kier molecular flexibility index (Phi) is 5.03. The average molecular weight is 339 g/mol. The van der Waals surface area contributed by atoms with E-state index in [0.29, 0.717) is 17.1 Å². The second-order valence-electron chi connectivity index (χ2n) is 8.26. The Morgan fingerprint density at radius 3 is 2.28 bits per heavy atom. The van der Waals surface area contributed by atoms with Crippen LogP contribution in [0, 0.1) is 11.3 Å². The number of amides is 1. The molecule has 1 aliphatic carbocycles. The molecule has 0 heterocycles. The largest absolute Gasteiger partial charge is 0.490 e. The van der Waals surface area contributed by atoms with Gasteiger partial charge in [-0.25, -0.2) is 0 Å². The van der Waals surface area contributed by atoms with Crippen LogP contribution in [0.1, 0.15) is 56.8 Å². The minimum Gasteiger partial charge on any atom is -0.490 e. The lowest BCUT2D eigenvalue weighted by molar-refractivity contribution is 0.0883. The molecular weight excluding hydrogens is 310 g/mol. The summed E-state index contributed by atoms with van der Waals surface area (Å²) in [4.78, 5) is 11.7. The molecule has 0 radical (unpaired) electrons. The zero-order valence-electron chi connectivity index (χ0n) is 15.8. The standard InChI is InChI=1S/C22H29NO2/c1-22(2,3)18-8-11-19(12-9-18)25-20-10-7-15-13-17(21(24)23-4)6-5-16(15)14-20/h5-7,10,13-14,18-19H,8-9,11-12H2,1-4H3,(H,23,24)/t18-,19-. The lowest BCUT2D eigenvalue weighted by atomic mass is 9.72. The lowest BCUT2D eigenvalue weighted by Crippen LogP contribution is -2.30. The fourth-order valence-electron chi connectivity index (χ4n) is 3.82. The van der Waals surface area contributed by atoms with Crippen LogP contribution in [0.2, 0.25) is 0 Å². The molecule has 3 rings (SSSR count). The molecule has 0 atom stereocenters. The number of carbonyl (C=O) groups is 1. The van der Waals surface area contributed by atoms with E-state index in [4.69, 9.17) is 4.74 Å². The van der Waals surface area contributed by atoms with Crippen molar-refractivity contribution >= 4 is 16.7 Å². The number of hydrogen-bond acceptors (Lipinski definition) is 2. The van der Waals surface area contributed by atoms with Gasteiger partial charge in [-0.1, -0.05) is 32.9 Å². The molecule has 3 heteroatoms. The third-order valence-corrected chi connectivity index (χ3v) is 5.50. The van der Waals surface area contributed by atoms with Crippen LogP contribution in [-0.4, -0.2) is 19.1 Å². The summed E-state index contributed by atoms with van der Waals surface area (Å²) < 4.78 is 6.24. The minimum atomic E-state index is -0.0576. The fourth-order valence-corrected chi connectivity index (χ4v) is 3.82. The van der Waals surface area contributed by atoms with Gasteiger partial charge in [0.15, 0.2) is 0 Å². The van der Waals surface area contributed by atoms with Gasteiger partial charge >= 0.3 is 0 Å². The van der Waals surface area contributed by atoms with Crippen molar-refractivity contribution in [3.05, 3.63) is 42.0 Å². The molecule has 0 spiro atoms. The van der Waals surface area contributed by atoms with Gasteiger partial charge in [0.25, 0.3) is 5.91 Å². The van der Waals surface area contributed by atoms with Crippen molar-refractivity contribution in [2.75, 3.05) is 7.05 Å². The number of rotatable bonds is 3. The molecule has 1 amide bonds. The highest BCUT2D eigenvalue weighted by Gasteiger charge is 2.30. The van der Waals surface area contributed by atoms with Crippen molar-refractivity contribution in [2.24, 2.45) is 11.3 Å². The molecule has 1 aliphatic rings. The van der Waals surface area contributed by atoms with Gasteiger partial charge in [0.1, 0.15) is 5.75 Å². The van der Waals surface area contributed by atoms with Crippen LogP contribution in [-0.2, 0) is 0 Å². The number of carbonyl (C=O) groups excluding carboxylic acids is 1. The van der Waals surface area contributed by atoms with Gasteiger partial charge in [-0.05, 0) is 72.1 Å². The predicted octanol–water partition coefficient (Wildman–Crippen LogP) is 5.18. The number of ether oxygens (including phenoxy) is 1. The van der Waals surface area contributed by atoms with Crippen molar-refractivity contribution in [1.82, 2.24) is 5.32 Å². The molecule has 0 bridgehead atoms. The third kappa shape index (κ3) is 4.15. The Hall–Kier alpha value is -2.03. The molecule has 2 aromatic carbocycles.